The Morgan fingerprint density at radius 3 is 2.62 bits per heavy atom. The van der Waals surface area contributed by atoms with Crippen LogP contribution >= 0.6 is 0 Å². The molecule has 110 valence electrons. The van der Waals surface area contributed by atoms with Crippen LogP contribution in [0.3, 0.4) is 0 Å². The number of nitrogens with zero attached hydrogens (tertiary/aromatic N) is 2. The summed E-state index contributed by atoms with van der Waals surface area (Å²) in [6.07, 6.45) is 2.36. The van der Waals surface area contributed by atoms with E-state index in [0.29, 0.717) is 6.07 Å². The predicted molar refractivity (Wildman–Crippen MR) is 72.5 cm³/mol. The predicted octanol–water partition coefficient (Wildman–Crippen LogP) is 1.51. The minimum atomic E-state index is -4.07. The van der Waals surface area contributed by atoms with Gasteiger partial charge in [-0.3, -0.25) is 19.8 Å². The highest BCUT2D eigenvalue weighted by molar-refractivity contribution is 7.92. The summed E-state index contributed by atoms with van der Waals surface area (Å²) in [7, 11) is -4.07. The molecule has 0 aliphatic heterocycles. The van der Waals surface area contributed by atoms with Crippen molar-refractivity contribution in [2.24, 2.45) is 0 Å². The number of pyridine rings is 1. The fourth-order valence-electron chi connectivity index (χ4n) is 1.54. The number of nitro benzene ring substituents is 1. The molecule has 1 aromatic heterocycles. The molecule has 2 rings (SSSR count). The Kier molecular flexibility index (Phi) is 3.72. The van der Waals surface area contributed by atoms with E-state index < -0.39 is 26.5 Å². The van der Waals surface area contributed by atoms with Crippen molar-refractivity contribution in [3.05, 3.63) is 52.6 Å². The van der Waals surface area contributed by atoms with E-state index in [4.69, 9.17) is 5.73 Å². The second-order valence-electron chi connectivity index (χ2n) is 3.94. The molecule has 0 amide bonds. The number of rotatable bonds is 4. The number of nitrogen functional groups attached to an aromatic ring is 1. The van der Waals surface area contributed by atoms with Crippen molar-refractivity contribution in [2.75, 3.05) is 10.5 Å². The average molecular weight is 312 g/mol. The molecule has 8 nitrogen and oxygen atoms in total. The molecule has 0 bridgehead atoms. The van der Waals surface area contributed by atoms with E-state index in [1.165, 1.54) is 12.3 Å². The second kappa shape index (κ2) is 5.32. The van der Waals surface area contributed by atoms with E-state index in [1.807, 2.05) is 0 Å². The van der Waals surface area contributed by atoms with Gasteiger partial charge in [-0.25, -0.2) is 8.42 Å². The van der Waals surface area contributed by atoms with Crippen LogP contribution in [-0.2, 0) is 10.0 Å². The minimum absolute atomic E-state index is 0.0279. The first-order valence-corrected chi connectivity index (χ1v) is 6.96. The molecule has 21 heavy (non-hydrogen) atoms. The summed E-state index contributed by atoms with van der Waals surface area (Å²) >= 11 is 0. The van der Waals surface area contributed by atoms with E-state index in [2.05, 4.69) is 9.71 Å². The van der Waals surface area contributed by atoms with Gasteiger partial charge in [-0.15, -0.1) is 0 Å². The molecule has 10 heteroatoms. The number of benzene rings is 1. The minimum Gasteiger partial charge on any atom is -0.398 e. The molecule has 0 aliphatic rings. The van der Waals surface area contributed by atoms with Crippen molar-refractivity contribution in [3.8, 4) is 0 Å². The zero-order valence-electron chi connectivity index (χ0n) is 10.4. The number of halogens is 1. The Morgan fingerprint density at radius 2 is 2.05 bits per heavy atom. The Balaban J connectivity index is 2.36. The van der Waals surface area contributed by atoms with Gasteiger partial charge < -0.3 is 5.73 Å². The number of nitrogens with two attached hydrogens (primary N) is 1. The monoisotopic (exact) mass is 312 g/mol. The number of aromatic nitrogens is 1. The second-order valence-corrected chi connectivity index (χ2v) is 5.59. The molecular weight excluding hydrogens is 303 g/mol. The first-order chi connectivity index (χ1) is 9.81. The van der Waals surface area contributed by atoms with Gasteiger partial charge in [0.1, 0.15) is 4.90 Å². The first-order valence-electron chi connectivity index (χ1n) is 5.47. The highest BCUT2D eigenvalue weighted by Gasteiger charge is 2.20. The third-order valence-electron chi connectivity index (χ3n) is 2.50. The van der Waals surface area contributed by atoms with E-state index in [1.54, 1.807) is 0 Å². The van der Waals surface area contributed by atoms with E-state index in [-0.39, 0.29) is 16.3 Å². The highest BCUT2D eigenvalue weighted by atomic mass is 32.2. The number of hydrogen-bond donors (Lipinski definition) is 2. The van der Waals surface area contributed by atoms with Gasteiger partial charge in [0.15, 0.2) is 0 Å². The maximum atomic E-state index is 13.4. The molecule has 0 atom stereocenters. The van der Waals surface area contributed by atoms with Gasteiger partial charge in [0.25, 0.3) is 10.0 Å². The Bertz CT molecular complexity index is 810. The molecule has 0 aliphatic carbocycles. The lowest BCUT2D eigenvalue weighted by Crippen LogP contribution is -2.15. The first kappa shape index (κ1) is 14.7. The number of sulfonamides is 1. The number of hydrogen-bond acceptors (Lipinski definition) is 6. The SMILES string of the molecule is Nc1ccncc1S(=O)(=O)Nc1ccc([N+](=O)[O-])c(F)c1. The smallest absolute Gasteiger partial charge is 0.304 e. The molecule has 0 saturated carbocycles. The van der Waals surface area contributed by atoms with Gasteiger partial charge in [0.2, 0.25) is 5.82 Å². The summed E-state index contributed by atoms with van der Waals surface area (Å²) in [6.45, 7) is 0. The normalized spacial score (nSPS) is 11.1. The fourth-order valence-corrected chi connectivity index (χ4v) is 2.67. The van der Waals surface area contributed by atoms with Crippen molar-refractivity contribution in [1.82, 2.24) is 4.98 Å². The quantitative estimate of drug-likeness (QED) is 0.650. The van der Waals surface area contributed by atoms with Crippen LogP contribution in [0.1, 0.15) is 0 Å². The van der Waals surface area contributed by atoms with Crippen molar-refractivity contribution in [1.29, 1.82) is 0 Å². The standard InChI is InChI=1S/C11H9FN4O4S/c12-8-5-7(1-2-10(8)16(17)18)15-21(19,20)11-6-14-4-3-9(11)13/h1-6,15H,(H2,13,14). The van der Waals surface area contributed by atoms with Crippen LogP contribution in [-0.4, -0.2) is 18.3 Å². The van der Waals surface area contributed by atoms with Crippen LogP contribution in [0.5, 0.6) is 0 Å². The lowest BCUT2D eigenvalue weighted by atomic mass is 10.3. The molecular formula is C11H9FN4O4S. The van der Waals surface area contributed by atoms with E-state index in [0.717, 1.165) is 18.3 Å². The van der Waals surface area contributed by atoms with Crippen LogP contribution < -0.4 is 10.5 Å². The summed E-state index contributed by atoms with van der Waals surface area (Å²) in [6, 6.07) is 3.94. The third kappa shape index (κ3) is 3.05. The third-order valence-corrected chi connectivity index (χ3v) is 3.93. The van der Waals surface area contributed by atoms with Gasteiger partial charge in [-0.2, -0.15) is 4.39 Å². The lowest BCUT2D eigenvalue weighted by Gasteiger charge is -2.09. The molecule has 2 aromatic rings. The molecule has 0 radical (unpaired) electrons. The van der Waals surface area contributed by atoms with Crippen molar-refractivity contribution in [3.63, 3.8) is 0 Å². The summed E-state index contributed by atoms with van der Waals surface area (Å²) < 4.78 is 39.6. The van der Waals surface area contributed by atoms with Crippen molar-refractivity contribution in [2.45, 2.75) is 4.90 Å². The largest absolute Gasteiger partial charge is 0.398 e. The number of nitrogens with one attached hydrogen (secondary N) is 1. The van der Waals surface area contributed by atoms with Crippen LogP contribution in [0.4, 0.5) is 21.5 Å². The van der Waals surface area contributed by atoms with Crippen molar-refractivity contribution >= 4 is 27.1 Å². The molecule has 3 N–H and O–H groups in total. The molecule has 1 heterocycles. The van der Waals surface area contributed by atoms with Gasteiger partial charge in [-0.05, 0) is 12.1 Å². The van der Waals surface area contributed by atoms with Crippen LogP contribution in [0.2, 0.25) is 0 Å². The van der Waals surface area contributed by atoms with E-state index in [9.17, 15) is 22.9 Å². The molecule has 0 saturated heterocycles. The maximum absolute atomic E-state index is 13.4. The van der Waals surface area contributed by atoms with E-state index >= 15 is 0 Å². The lowest BCUT2D eigenvalue weighted by molar-refractivity contribution is -0.387. The molecule has 1 aromatic carbocycles. The summed E-state index contributed by atoms with van der Waals surface area (Å²) in [5.41, 5.74) is 4.59. The maximum Gasteiger partial charge on any atom is 0.304 e. The van der Waals surface area contributed by atoms with Gasteiger partial charge in [0, 0.05) is 24.5 Å². The Labute approximate surface area is 118 Å². The fraction of sp³-hybridized carbons (Fsp3) is 0. The Hall–Kier alpha value is -2.75. The van der Waals surface area contributed by atoms with Crippen LogP contribution in [0, 0.1) is 15.9 Å². The van der Waals surface area contributed by atoms with Crippen molar-refractivity contribution < 1.29 is 17.7 Å². The molecule has 0 unspecified atom stereocenters. The summed E-state index contributed by atoms with van der Waals surface area (Å²) in [4.78, 5) is 12.9. The average Bonchev–Trinajstić information content (AvgIpc) is 2.38. The molecule has 0 fully saturated rings. The Morgan fingerprint density at radius 1 is 1.33 bits per heavy atom. The zero-order chi connectivity index (χ0) is 15.6. The topological polar surface area (TPSA) is 128 Å². The zero-order valence-corrected chi connectivity index (χ0v) is 11.2. The van der Waals surface area contributed by atoms with Gasteiger partial charge in [0.05, 0.1) is 16.3 Å². The molecule has 0 spiro atoms. The summed E-state index contributed by atoms with van der Waals surface area (Å²) in [5, 5.41) is 10.5. The number of anilines is 2. The van der Waals surface area contributed by atoms with Gasteiger partial charge >= 0.3 is 5.69 Å². The van der Waals surface area contributed by atoms with Crippen LogP contribution in [0.15, 0.2) is 41.6 Å². The summed E-state index contributed by atoms with van der Waals surface area (Å²) in [5.74, 6) is -1.15. The number of nitro groups is 1. The van der Waals surface area contributed by atoms with Gasteiger partial charge in [-0.1, -0.05) is 0 Å². The highest BCUT2D eigenvalue weighted by Crippen LogP contribution is 2.24. The van der Waals surface area contributed by atoms with Crippen LogP contribution in [0.25, 0.3) is 0 Å².